The molecular weight excluding hydrogens is 248 g/mol. The Kier molecular flexibility index (Phi) is 3.30. The van der Waals surface area contributed by atoms with Crippen molar-refractivity contribution < 1.29 is 0 Å². The van der Waals surface area contributed by atoms with Crippen LogP contribution in [0.25, 0.3) is 0 Å². The average Bonchev–Trinajstić information content (AvgIpc) is 2.74. The van der Waals surface area contributed by atoms with Crippen LogP contribution in [0.3, 0.4) is 0 Å². The zero-order valence-electron chi connectivity index (χ0n) is 12.0. The normalized spacial score (nSPS) is 17.3. The largest absolute Gasteiger partial charge is 0.384 e. The van der Waals surface area contributed by atoms with Gasteiger partial charge in [-0.2, -0.15) is 0 Å². The van der Waals surface area contributed by atoms with Gasteiger partial charge in [-0.15, -0.1) is 0 Å². The summed E-state index contributed by atoms with van der Waals surface area (Å²) in [5.74, 6) is 2.30. The van der Waals surface area contributed by atoms with E-state index < -0.39 is 0 Å². The Morgan fingerprint density at radius 1 is 1.30 bits per heavy atom. The van der Waals surface area contributed by atoms with Crippen LogP contribution in [-0.2, 0) is 12.8 Å². The van der Waals surface area contributed by atoms with E-state index in [1.807, 2.05) is 6.07 Å². The number of fused-ring (bicyclic) bond motifs is 1. The molecule has 0 bridgehead atoms. The summed E-state index contributed by atoms with van der Waals surface area (Å²) in [7, 11) is 0. The number of nitrogen functional groups attached to an aromatic ring is 1. The molecule has 0 fully saturated rings. The van der Waals surface area contributed by atoms with Crippen LogP contribution in [0.5, 0.6) is 0 Å². The molecule has 0 aliphatic carbocycles. The highest BCUT2D eigenvalue weighted by atomic mass is 15.2. The molecule has 4 heteroatoms. The van der Waals surface area contributed by atoms with Gasteiger partial charge in [-0.3, -0.25) is 0 Å². The number of para-hydroxylation sites is 1. The zero-order valence-corrected chi connectivity index (χ0v) is 12.0. The molecule has 1 unspecified atom stereocenters. The zero-order chi connectivity index (χ0) is 14.1. The number of aromatic nitrogens is 2. The lowest BCUT2D eigenvalue weighted by Gasteiger charge is -2.24. The smallest absolute Gasteiger partial charge is 0.139 e. The van der Waals surface area contributed by atoms with Crippen LogP contribution in [0.2, 0.25) is 0 Å². The van der Waals surface area contributed by atoms with E-state index in [0.717, 1.165) is 30.9 Å². The number of nitrogens with two attached hydrogens (primary N) is 1. The quantitative estimate of drug-likeness (QED) is 0.929. The lowest BCUT2D eigenvalue weighted by molar-refractivity contribution is 0.741. The molecule has 0 radical (unpaired) electrons. The molecule has 1 aromatic carbocycles. The van der Waals surface area contributed by atoms with E-state index in [0.29, 0.717) is 11.9 Å². The van der Waals surface area contributed by atoms with Gasteiger partial charge in [0.1, 0.15) is 17.5 Å². The van der Waals surface area contributed by atoms with Crippen LogP contribution >= 0.6 is 0 Å². The molecule has 104 valence electrons. The molecular formula is C16H20N4. The fourth-order valence-corrected chi connectivity index (χ4v) is 2.88. The molecule has 0 amide bonds. The highest BCUT2D eigenvalue weighted by Gasteiger charge is 2.28. The van der Waals surface area contributed by atoms with E-state index in [1.54, 1.807) is 0 Å². The van der Waals surface area contributed by atoms with Crippen molar-refractivity contribution >= 4 is 17.3 Å². The summed E-state index contributed by atoms with van der Waals surface area (Å²) >= 11 is 0. The SMILES string of the molecule is CCCc1nc(N)cc(N2c3ccccc3CC2C)n1. The van der Waals surface area contributed by atoms with Gasteiger partial charge in [0.15, 0.2) is 0 Å². The standard InChI is InChI=1S/C16H20N4/c1-3-6-15-18-14(17)10-16(19-15)20-11(2)9-12-7-4-5-8-13(12)20/h4-5,7-8,10-11H,3,6,9H2,1-2H3,(H2,17,18,19). The number of hydrogen-bond acceptors (Lipinski definition) is 4. The Labute approximate surface area is 119 Å². The van der Waals surface area contributed by atoms with Crippen LogP contribution < -0.4 is 10.6 Å². The third-order valence-electron chi connectivity index (χ3n) is 3.71. The predicted molar refractivity (Wildman–Crippen MR) is 82.2 cm³/mol. The van der Waals surface area contributed by atoms with E-state index in [-0.39, 0.29) is 0 Å². The first-order valence-electron chi connectivity index (χ1n) is 7.19. The number of aryl methyl sites for hydroxylation is 1. The number of hydrogen-bond donors (Lipinski definition) is 1. The molecule has 1 aliphatic heterocycles. The second-order valence-corrected chi connectivity index (χ2v) is 5.37. The summed E-state index contributed by atoms with van der Waals surface area (Å²) in [6.07, 6.45) is 2.93. The molecule has 2 aromatic rings. The lowest BCUT2D eigenvalue weighted by Crippen LogP contribution is -2.25. The fourth-order valence-electron chi connectivity index (χ4n) is 2.88. The van der Waals surface area contributed by atoms with Crippen molar-refractivity contribution in [3.05, 3.63) is 41.7 Å². The van der Waals surface area contributed by atoms with Crippen LogP contribution in [0, 0.1) is 0 Å². The van der Waals surface area contributed by atoms with Crippen molar-refractivity contribution in [3.8, 4) is 0 Å². The highest BCUT2D eigenvalue weighted by molar-refractivity contribution is 5.69. The molecule has 4 nitrogen and oxygen atoms in total. The van der Waals surface area contributed by atoms with Crippen molar-refractivity contribution in [1.82, 2.24) is 9.97 Å². The molecule has 1 aromatic heterocycles. The summed E-state index contributed by atoms with van der Waals surface area (Å²) in [6.45, 7) is 4.35. The maximum atomic E-state index is 5.94. The first-order valence-corrected chi connectivity index (χ1v) is 7.19. The van der Waals surface area contributed by atoms with E-state index in [9.17, 15) is 0 Å². The molecule has 1 atom stereocenters. The minimum absolute atomic E-state index is 0.399. The minimum atomic E-state index is 0.399. The van der Waals surface area contributed by atoms with Gasteiger partial charge in [0.25, 0.3) is 0 Å². The van der Waals surface area contributed by atoms with Crippen molar-refractivity contribution in [2.75, 3.05) is 10.6 Å². The lowest BCUT2D eigenvalue weighted by atomic mass is 10.1. The number of nitrogens with zero attached hydrogens (tertiary/aromatic N) is 3. The van der Waals surface area contributed by atoms with Crippen molar-refractivity contribution in [2.24, 2.45) is 0 Å². The van der Waals surface area contributed by atoms with Crippen LogP contribution in [0.4, 0.5) is 17.3 Å². The maximum Gasteiger partial charge on any atom is 0.139 e. The average molecular weight is 268 g/mol. The second kappa shape index (κ2) is 5.12. The summed E-state index contributed by atoms with van der Waals surface area (Å²) in [5, 5.41) is 0. The Bertz CT molecular complexity index is 624. The monoisotopic (exact) mass is 268 g/mol. The van der Waals surface area contributed by atoms with Gasteiger partial charge in [-0.25, -0.2) is 9.97 Å². The number of rotatable bonds is 3. The van der Waals surface area contributed by atoms with E-state index in [2.05, 4.69) is 53.0 Å². The third-order valence-corrected chi connectivity index (χ3v) is 3.71. The molecule has 0 saturated heterocycles. The molecule has 1 aliphatic rings. The maximum absolute atomic E-state index is 5.94. The van der Waals surface area contributed by atoms with Gasteiger partial charge >= 0.3 is 0 Å². The molecule has 0 spiro atoms. The Hall–Kier alpha value is -2.10. The van der Waals surface area contributed by atoms with Crippen LogP contribution in [0.15, 0.2) is 30.3 Å². The van der Waals surface area contributed by atoms with Crippen molar-refractivity contribution in [2.45, 2.75) is 39.2 Å². The van der Waals surface area contributed by atoms with Crippen LogP contribution in [-0.4, -0.2) is 16.0 Å². The Morgan fingerprint density at radius 2 is 2.10 bits per heavy atom. The van der Waals surface area contributed by atoms with Gasteiger partial charge in [0, 0.05) is 24.2 Å². The van der Waals surface area contributed by atoms with Gasteiger partial charge in [0.2, 0.25) is 0 Å². The van der Waals surface area contributed by atoms with Crippen molar-refractivity contribution in [3.63, 3.8) is 0 Å². The molecule has 2 N–H and O–H groups in total. The first kappa shape index (κ1) is 12.9. The molecule has 20 heavy (non-hydrogen) atoms. The molecule has 2 heterocycles. The van der Waals surface area contributed by atoms with E-state index in [4.69, 9.17) is 5.73 Å². The molecule has 0 saturated carbocycles. The minimum Gasteiger partial charge on any atom is -0.384 e. The Balaban J connectivity index is 2.04. The summed E-state index contributed by atoms with van der Waals surface area (Å²) in [4.78, 5) is 11.3. The first-order chi connectivity index (χ1) is 9.69. The van der Waals surface area contributed by atoms with E-state index >= 15 is 0 Å². The fraction of sp³-hybridized carbons (Fsp3) is 0.375. The van der Waals surface area contributed by atoms with Crippen molar-refractivity contribution in [1.29, 1.82) is 0 Å². The van der Waals surface area contributed by atoms with Gasteiger partial charge in [-0.05, 0) is 31.4 Å². The van der Waals surface area contributed by atoms with Crippen LogP contribution in [0.1, 0.15) is 31.7 Å². The third kappa shape index (κ3) is 2.22. The number of benzene rings is 1. The summed E-state index contributed by atoms with van der Waals surface area (Å²) in [5.41, 5.74) is 8.55. The van der Waals surface area contributed by atoms with Gasteiger partial charge in [-0.1, -0.05) is 25.1 Å². The summed E-state index contributed by atoms with van der Waals surface area (Å²) < 4.78 is 0. The summed E-state index contributed by atoms with van der Waals surface area (Å²) in [6, 6.07) is 10.8. The highest BCUT2D eigenvalue weighted by Crippen LogP contribution is 2.37. The Morgan fingerprint density at radius 3 is 2.90 bits per heavy atom. The predicted octanol–water partition coefficient (Wildman–Crippen LogP) is 3.09. The van der Waals surface area contributed by atoms with Gasteiger partial charge in [0.05, 0.1) is 0 Å². The molecule has 3 rings (SSSR count). The topological polar surface area (TPSA) is 55.0 Å². The number of anilines is 3. The second-order valence-electron chi connectivity index (χ2n) is 5.37. The van der Waals surface area contributed by atoms with E-state index in [1.165, 1.54) is 11.3 Å². The van der Waals surface area contributed by atoms with Gasteiger partial charge < -0.3 is 10.6 Å².